The molecule has 2 aromatic rings. The number of cyclic esters (lactones) is 1. The molecule has 1 heterocycles. The van der Waals surface area contributed by atoms with Crippen LogP contribution < -0.4 is 5.73 Å². The summed E-state index contributed by atoms with van der Waals surface area (Å²) in [7, 11) is 0. The summed E-state index contributed by atoms with van der Waals surface area (Å²) in [5.74, 6) is 0.123. The van der Waals surface area contributed by atoms with Gasteiger partial charge in [0.15, 0.2) is 0 Å². The molecule has 3 rings (SSSR count). The van der Waals surface area contributed by atoms with Gasteiger partial charge in [0.2, 0.25) is 0 Å². The number of aliphatic hydroxyl groups excluding tert-OH is 1. The number of esters is 1. The smallest absolute Gasteiger partial charge is 0.349 e. The van der Waals surface area contributed by atoms with E-state index < -0.39 is 11.6 Å². The van der Waals surface area contributed by atoms with Crippen LogP contribution >= 0.6 is 11.8 Å². The topological polar surface area (TPSA) is 92.8 Å². The van der Waals surface area contributed by atoms with Crippen molar-refractivity contribution in [2.24, 2.45) is 5.92 Å². The van der Waals surface area contributed by atoms with Gasteiger partial charge in [-0.1, -0.05) is 58.5 Å². The fraction of sp³-hybridized carbons (Fsp3) is 0.464. The summed E-state index contributed by atoms with van der Waals surface area (Å²) >= 11 is 1.26. The second-order valence-corrected chi connectivity index (χ2v) is 11.9. The van der Waals surface area contributed by atoms with E-state index in [0.717, 1.165) is 21.6 Å². The lowest BCUT2D eigenvalue weighted by Gasteiger charge is -2.38. The number of carbonyl (C=O) groups is 1. The monoisotopic (exact) mass is 483 g/mol. The zero-order valence-electron chi connectivity index (χ0n) is 21.1. The van der Waals surface area contributed by atoms with Crippen molar-refractivity contribution in [1.29, 1.82) is 0 Å². The van der Waals surface area contributed by atoms with Crippen molar-refractivity contribution >= 4 is 23.4 Å². The molecule has 1 atom stereocenters. The molecule has 0 aliphatic carbocycles. The van der Waals surface area contributed by atoms with E-state index in [1.807, 2.05) is 31.2 Å². The standard InChI is InChI=1S/C28H37NO4S/c1-17(2)15-28(12-11-19-7-9-20(30)10-8-19)16-23(31)25(26(32)33-28)34-24-13-18(3)22(29)14-21(24)27(4,5)6/h7-10,13-14,17,30-31H,11-12,15-16,29H2,1-6H3/t28-/m1/s1. The lowest BCUT2D eigenvalue weighted by molar-refractivity contribution is -0.160. The number of phenols is 1. The Hall–Kier alpha value is -2.60. The quantitative estimate of drug-likeness (QED) is 0.296. The van der Waals surface area contributed by atoms with Crippen molar-refractivity contribution in [3.05, 3.63) is 63.8 Å². The summed E-state index contributed by atoms with van der Waals surface area (Å²) in [6.07, 6.45) is 2.22. The van der Waals surface area contributed by atoms with E-state index in [2.05, 4.69) is 34.6 Å². The SMILES string of the molecule is Cc1cc(SC2=C(O)C[C@@](CCc3ccc(O)cc3)(CC(C)C)OC2=O)c(C(C)(C)C)cc1N. The van der Waals surface area contributed by atoms with Crippen LogP contribution in [0.2, 0.25) is 0 Å². The molecular formula is C28H37NO4S. The first-order valence-corrected chi connectivity index (χ1v) is 12.6. The molecule has 1 aliphatic heterocycles. The number of nitrogen functional groups attached to an aromatic ring is 1. The number of phenolic OH excluding ortho intramolecular Hbond substituents is 1. The van der Waals surface area contributed by atoms with E-state index in [-0.39, 0.29) is 28.2 Å². The summed E-state index contributed by atoms with van der Waals surface area (Å²) < 4.78 is 6.11. The predicted octanol–water partition coefficient (Wildman–Crippen LogP) is 6.81. The van der Waals surface area contributed by atoms with Crippen LogP contribution in [0, 0.1) is 12.8 Å². The van der Waals surface area contributed by atoms with Crippen LogP contribution in [0.3, 0.4) is 0 Å². The van der Waals surface area contributed by atoms with Gasteiger partial charge in [0.1, 0.15) is 22.0 Å². The average Bonchev–Trinajstić information content (AvgIpc) is 2.71. The molecular weight excluding hydrogens is 446 g/mol. The van der Waals surface area contributed by atoms with Gasteiger partial charge in [0, 0.05) is 17.0 Å². The third-order valence-electron chi connectivity index (χ3n) is 6.22. The summed E-state index contributed by atoms with van der Waals surface area (Å²) in [5.41, 5.74) is 8.95. The molecule has 0 radical (unpaired) electrons. The second kappa shape index (κ2) is 9.95. The molecule has 0 unspecified atom stereocenters. The van der Waals surface area contributed by atoms with E-state index in [1.165, 1.54) is 11.8 Å². The largest absolute Gasteiger partial charge is 0.511 e. The molecule has 0 saturated heterocycles. The van der Waals surface area contributed by atoms with Crippen LogP contribution in [0.1, 0.15) is 70.6 Å². The molecule has 0 saturated carbocycles. The Balaban J connectivity index is 1.91. The maximum Gasteiger partial charge on any atom is 0.349 e. The van der Waals surface area contributed by atoms with Crippen LogP contribution in [0.15, 0.2) is 52.0 Å². The molecule has 6 heteroatoms. The number of aromatic hydroxyl groups is 1. The van der Waals surface area contributed by atoms with Crippen molar-refractivity contribution in [3.63, 3.8) is 0 Å². The number of ether oxygens (including phenoxy) is 1. The van der Waals surface area contributed by atoms with Crippen LogP contribution in [0.25, 0.3) is 0 Å². The number of aryl methyl sites for hydroxylation is 2. The van der Waals surface area contributed by atoms with Crippen LogP contribution in [0.5, 0.6) is 5.75 Å². The summed E-state index contributed by atoms with van der Waals surface area (Å²) in [5, 5.41) is 20.6. The van der Waals surface area contributed by atoms with Crippen molar-refractivity contribution in [1.82, 2.24) is 0 Å². The van der Waals surface area contributed by atoms with E-state index in [1.54, 1.807) is 12.1 Å². The van der Waals surface area contributed by atoms with Gasteiger partial charge in [-0.05, 0) is 78.5 Å². The minimum atomic E-state index is -0.763. The molecule has 184 valence electrons. The average molecular weight is 484 g/mol. The first-order chi connectivity index (χ1) is 15.8. The van der Waals surface area contributed by atoms with Gasteiger partial charge in [-0.3, -0.25) is 0 Å². The number of hydrogen-bond acceptors (Lipinski definition) is 6. The molecule has 0 bridgehead atoms. The second-order valence-electron chi connectivity index (χ2n) is 10.8. The highest BCUT2D eigenvalue weighted by Crippen LogP contribution is 2.45. The molecule has 4 N–H and O–H groups in total. The van der Waals surface area contributed by atoms with Gasteiger partial charge in [0.05, 0.1) is 0 Å². The van der Waals surface area contributed by atoms with E-state index in [0.29, 0.717) is 30.9 Å². The van der Waals surface area contributed by atoms with Gasteiger partial charge in [-0.25, -0.2) is 4.79 Å². The normalized spacial score (nSPS) is 19.0. The first-order valence-electron chi connectivity index (χ1n) is 11.8. The zero-order chi connectivity index (χ0) is 25.3. The van der Waals surface area contributed by atoms with Gasteiger partial charge in [-0.15, -0.1) is 0 Å². The third kappa shape index (κ3) is 6.09. The molecule has 0 aromatic heterocycles. The van der Waals surface area contributed by atoms with Crippen molar-refractivity contribution < 1.29 is 19.7 Å². The Labute approximate surface area is 207 Å². The lowest BCUT2D eigenvalue weighted by Crippen LogP contribution is -2.41. The summed E-state index contributed by atoms with van der Waals surface area (Å²) in [4.78, 5) is 14.4. The molecule has 5 nitrogen and oxygen atoms in total. The number of thioether (sulfide) groups is 1. The number of anilines is 1. The van der Waals surface area contributed by atoms with Gasteiger partial charge in [-0.2, -0.15) is 0 Å². The number of carbonyl (C=O) groups excluding carboxylic acids is 1. The predicted molar refractivity (Wildman–Crippen MR) is 139 cm³/mol. The van der Waals surface area contributed by atoms with E-state index in [9.17, 15) is 15.0 Å². The van der Waals surface area contributed by atoms with Crippen LogP contribution in [-0.4, -0.2) is 21.8 Å². The molecule has 1 aliphatic rings. The Morgan fingerprint density at radius 2 is 1.79 bits per heavy atom. The number of rotatable bonds is 7. The fourth-order valence-electron chi connectivity index (χ4n) is 4.50. The van der Waals surface area contributed by atoms with Crippen molar-refractivity contribution in [3.8, 4) is 5.75 Å². The van der Waals surface area contributed by atoms with Gasteiger partial charge in [0.25, 0.3) is 0 Å². The Morgan fingerprint density at radius 3 is 2.35 bits per heavy atom. The van der Waals surface area contributed by atoms with Crippen LogP contribution in [0.4, 0.5) is 5.69 Å². The summed E-state index contributed by atoms with van der Waals surface area (Å²) in [6.45, 7) is 12.4. The highest BCUT2D eigenvalue weighted by molar-refractivity contribution is 8.04. The van der Waals surface area contributed by atoms with Gasteiger partial charge < -0.3 is 20.7 Å². The Morgan fingerprint density at radius 1 is 1.15 bits per heavy atom. The zero-order valence-corrected chi connectivity index (χ0v) is 21.9. The molecule has 2 aromatic carbocycles. The van der Waals surface area contributed by atoms with Crippen molar-refractivity contribution in [2.45, 2.75) is 83.1 Å². The minimum Gasteiger partial charge on any atom is -0.511 e. The van der Waals surface area contributed by atoms with Crippen LogP contribution in [-0.2, 0) is 21.4 Å². The fourth-order valence-corrected chi connectivity index (χ4v) is 5.74. The highest BCUT2D eigenvalue weighted by atomic mass is 32.2. The maximum absolute atomic E-state index is 13.3. The first kappa shape index (κ1) is 26.0. The van der Waals surface area contributed by atoms with E-state index >= 15 is 0 Å². The van der Waals surface area contributed by atoms with E-state index in [4.69, 9.17) is 10.5 Å². The molecule has 34 heavy (non-hydrogen) atoms. The van der Waals surface area contributed by atoms with Gasteiger partial charge >= 0.3 is 5.97 Å². The van der Waals surface area contributed by atoms with Crippen molar-refractivity contribution in [2.75, 3.05) is 5.73 Å². The lowest BCUT2D eigenvalue weighted by atomic mass is 9.82. The third-order valence-corrected chi connectivity index (χ3v) is 7.38. The molecule has 0 fully saturated rings. The number of hydrogen-bond donors (Lipinski definition) is 3. The Kier molecular flexibility index (Phi) is 7.61. The number of aliphatic hydroxyl groups is 1. The minimum absolute atomic E-state index is 0.0851. The summed E-state index contributed by atoms with van der Waals surface area (Å²) in [6, 6.07) is 11.0. The maximum atomic E-state index is 13.3. The highest BCUT2D eigenvalue weighted by Gasteiger charge is 2.42. The molecule has 0 amide bonds. The number of benzene rings is 2. The molecule has 0 spiro atoms. The Bertz CT molecular complexity index is 1080. The number of nitrogens with two attached hydrogens (primary N) is 1.